The van der Waals surface area contributed by atoms with E-state index < -0.39 is 12.0 Å². The summed E-state index contributed by atoms with van der Waals surface area (Å²) < 4.78 is 0. The van der Waals surface area contributed by atoms with Crippen molar-refractivity contribution >= 4 is 5.97 Å². The molecule has 1 atom stereocenters. The van der Waals surface area contributed by atoms with Crippen molar-refractivity contribution < 1.29 is 61.3 Å². The predicted octanol–water partition coefficient (Wildman–Crippen LogP) is -3.56. The average molecular weight is 189 g/mol. The summed E-state index contributed by atoms with van der Waals surface area (Å²) in [6.45, 7) is 0. The standard InChI is InChI=1S/C8H9NO2.K/c9-7(8(10)11)6-4-2-1-3-5-6;/h1-5,7H,9H2,(H,10,11);/q;+1/p-1/t7-;/m0./s1. The molecule has 0 amide bonds. The van der Waals surface area contributed by atoms with Crippen LogP contribution >= 0.6 is 0 Å². The number of rotatable bonds is 2. The third-order valence-corrected chi connectivity index (χ3v) is 1.41. The number of carbonyl (C=O) groups excluding carboxylic acids is 1. The Bertz CT molecular complexity index is 250. The quantitative estimate of drug-likeness (QED) is 0.490. The van der Waals surface area contributed by atoms with Crippen molar-refractivity contribution in [3.63, 3.8) is 0 Å². The van der Waals surface area contributed by atoms with Gasteiger partial charge in [-0.05, 0) is 5.56 Å². The molecule has 0 saturated heterocycles. The van der Waals surface area contributed by atoms with E-state index in [1.165, 1.54) is 0 Å². The molecular weight excluding hydrogens is 181 g/mol. The number of carbonyl (C=O) groups is 1. The molecule has 1 aromatic rings. The largest absolute Gasteiger partial charge is 1.00 e. The van der Waals surface area contributed by atoms with Crippen LogP contribution < -0.4 is 62.2 Å². The first-order valence-corrected chi connectivity index (χ1v) is 3.23. The summed E-state index contributed by atoms with van der Waals surface area (Å²) in [6.07, 6.45) is 0. The normalized spacial score (nSPS) is 11.4. The van der Waals surface area contributed by atoms with Crippen LogP contribution in [0.5, 0.6) is 0 Å². The molecule has 0 unspecified atom stereocenters. The maximum absolute atomic E-state index is 10.3. The van der Waals surface area contributed by atoms with Gasteiger partial charge in [-0.15, -0.1) is 0 Å². The van der Waals surface area contributed by atoms with Crippen LogP contribution in [-0.2, 0) is 4.79 Å². The molecule has 3 nitrogen and oxygen atoms in total. The number of aliphatic carboxylic acids is 1. The summed E-state index contributed by atoms with van der Waals surface area (Å²) in [5, 5.41) is 10.3. The van der Waals surface area contributed by atoms with Gasteiger partial charge in [0.25, 0.3) is 0 Å². The first-order valence-electron chi connectivity index (χ1n) is 3.23. The van der Waals surface area contributed by atoms with E-state index in [9.17, 15) is 9.90 Å². The van der Waals surface area contributed by atoms with E-state index >= 15 is 0 Å². The van der Waals surface area contributed by atoms with Gasteiger partial charge in [-0.2, -0.15) is 0 Å². The summed E-state index contributed by atoms with van der Waals surface area (Å²) in [6, 6.07) is 7.55. The summed E-state index contributed by atoms with van der Waals surface area (Å²) in [7, 11) is 0. The Kier molecular flexibility index (Phi) is 5.99. The van der Waals surface area contributed by atoms with Gasteiger partial charge >= 0.3 is 51.4 Å². The van der Waals surface area contributed by atoms with E-state index in [1.54, 1.807) is 30.3 Å². The number of hydrogen-bond donors (Lipinski definition) is 1. The van der Waals surface area contributed by atoms with Gasteiger partial charge in [0, 0.05) is 0 Å². The molecule has 0 bridgehead atoms. The van der Waals surface area contributed by atoms with Gasteiger partial charge in [-0.3, -0.25) is 0 Å². The molecule has 2 N–H and O–H groups in total. The van der Waals surface area contributed by atoms with Gasteiger partial charge in [-0.1, -0.05) is 30.3 Å². The summed E-state index contributed by atoms with van der Waals surface area (Å²) >= 11 is 0. The van der Waals surface area contributed by atoms with Gasteiger partial charge in [-0.25, -0.2) is 0 Å². The van der Waals surface area contributed by atoms with E-state index in [4.69, 9.17) is 5.73 Å². The maximum atomic E-state index is 10.3. The first kappa shape index (κ1) is 12.3. The average Bonchev–Trinajstić information content (AvgIpc) is 2.05. The number of nitrogens with two attached hydrogens (primary N) is 1. The summed E-state index contributed by atoms with van der Waals surface area (Å²) in [5.41, 5.74) is 5.84. The van der Waals surface area contributed by atoms with E-state index in [2.05, 4.69) is 0 Å². The fourth-order valence-corrected chi connectivity index (χ4v) is 0.796. The number of carboxylic acids is 1. The van der Waals surface area contributed by atoms with Gasteiger partial charge in [0.05, 0.1) is 12.0 Å². The van der Waals surface area contributed by atoms with Crippen LogP contribution in [0.15, 0.2) is 30.3 Å². The van der Waals surface area contributed by atoms with Crippen molar-refractivity contribution in [1.29, 1.82) is 0 Å². The summed E-state index contributed by atoms with van der Waals surface area (Å²) in [4.78, 5) is 10.3. The minimum absolute atomic E-state index is 0. The minimum atomic E-state index is -1.25. The van der Waals surface area contributed by atoms with Gasteiger partial charge in [0.1, 0.15) is 0 Å². The van der Waals surface area contributed by atoms with Crippen LogP contribution in [0.2, 0.25) is 0 Å². The Morgan fingerprint density at radius 3 is 2.25 bits per heavy atom. The Labute approximate surface area is 113 Å². The van der Waals surface area contributed by atoms with Crippen molar-refractivity contribution in [2.24, 2.45) is 5.73 Å². The molecule has 4 heteroatoms. The molecule has 0 aromatic heterocycles. The van der Waals surface area contributed by atoms with Crippen LogP contribution in [-0.4, -0.2) is 5.97 Å². The Balaban J connectivity index is 0.00000121. The van der Waals surface area contributed by atoms with E-state index in [0.717, 1.165) is 0 Å². The van der Waals surface area contributed by atoms with Crippen molar-refractivity contribution in [1.82, 2.24) is 0 Å². The van der Waals surface area contributed by atoms with Crippen molar-refractivity contribution in [3.8, 4) is 0 Å². The molecule has 0 radical (unpaired) electrons. The fraction of sp³-hybridized carbons (Fsp3) is 0.125. The molecule has 1 rings (SSSR count). The minimum Gasteiger partial charge on any atom is -0.548 e. The molecular formula is C8H8KNO2. The van der Waals surface area contributed by atoms with E-state index in [0.29, 0.717) is 5.56 Å². The molecule has 0 aliphatic heterocycles. The van der Waals surface area contributed by atoms with Crippen molar-refractivity contribution in [2.45, 2.75) is 6.04 Å². The maximum Gasteiger partial charge on any atom is 1.00 e. The Hall–Kier alpha value is 0.286. The second kappa shape index (κ2) is 5.85. The zero-order valence-electron chi connectivity index (χ0n) is 6.86. The van der Waals surface area contributed by atoms with E-state index in [-0.39, 0.29) is 51.4 Å². The van der Waals surface area contributed by atoms with Crippen LogP contribution in [0.4, 0.5) is 0 Å². The van der Waals surface area contributed by atoms with Crippen LogP contribution in [0.1, 0.15) is 11.6 Å². The molecule has 0 saturated carbocycles. The molecule has 58 valence electrons. The molecule has 0 aliphatic carbocycles. The second-order valence-electron chi connectivity index (χ2n) is 2.21. The third-order valence-electron chi connectivity index (χ3n) is 1.41. The number of carboxylic acid groups (broad SMARTS) is 1. The molecule has 0 fully saturated rings. The third kappa shape index (κ3) is 3.34. The molecule has 12 heavy (non-hydrogen) atoms. The topological polar surface area (TPSA) is 66.2 Å². The van der Waals surface area contributed by atoms with Gasteiger partial charge in [0.15, 0.2) is 0 Å². The zero-order chi connectivity index (χ0) is 8.27. The first-order chi connectivity index (χ1) is 5.22. The number of hydrogen-bond acceptors (Lipinski definition) is 3. The van der Waals surface area contributed by atoms with E-state index in [1.807, 2.05) is 0 Å². The van der Waals surface area contributed by atoms with Crippen LogP contribution in [0, 0.1) is 0 Å². The SMILES string of the molecule is N[C@H](C(=O)[O-])c1ccccc1.[K+]. The molecule has 0 heterocycles. The predicted molar refractivity (Wildman–Crippen MR) is 38.4 cm³/mol. The summed E-state index contributed by atoms with van der Waals surface area (Å²) in [5.74, 6) is -1.25. The fourth-order valence-electron chi connectivity index (χ4n) is 0.796. The molecule has 0 spiro atoms. The Morgan fingerprint density at radius 2 is 1.83 bits per heavy atom. The smallest absolute Gasteiger partial charge is 0.548 e. The van der Waals surface area contributed by atoms with Crippen molar-refractivity contribution in [2.75, 3.05) is 0 Å². The second-order valence-corrected chi connectivity index (χ2v) is 2.21. The monoisotopic (exact) mass is 189 g/mol. The van der Waals surface area contributed by atoms with Crippen LogP contribution in [0.3, 0.4) is 0 Å². The molecule has 0 aliphatic rings. The Morgan fingerprint density at radius 1 is 1.33 bits per heavy atom. The molecule has 1 aromatic carbocycles. The number of benzene rings is 1. The zero-order valence-corrected chi connectivity index (χ0v) is 9.98. The van der Waals surface area contributed by atoms with Crippen LogP contribution in [0.25, 0.3) is 0 Å². The van der Waals surface area contributed by atoms with Gasteiger partial charge in [0.2, 0.25) is 0 Å². The van der Waals surface area contributed by atoms with Crippen molar-refractivity contribution in [3.05, 3.63) is 35.9 Å². The van der Waals surface area contributed by atoms with Gasteiger partial charge < -0.3 is 15.6 Å².